The smallest absolute Gasteiger partial charge is 0.239 e. The van der Waals surface area contributed by atoms with Crippen LogP contribution in [0.1, 0.15) is 6.42 Å². The molecule has 1 atom stereocenters. The van der Waals surface area contributed by atoms with Crippen molar-refractivity contribution >= 4 is 15.7 Å². The first-order valence-corrected chi connectivity index (χ1v) is 6.64. The minimum Gasteiger partial charge on any atom is -0.329 e. The lowest BCUT2D eigenvalue weighted by Crippen LogP contribution is -2.34. The highest BCUT2D eigenvalue weighted by Crippen LogP contribution is 2.32. The van der Waals surface area contributed by atoms with Crippen molar-refractivity contribution in [2.45, 2.75) is 11.7 Å². The molecule has 0 spiro atoms. The molecule has 0 bridgehead atoms. The highest BCUT2D eigenvalue weighted by molar-refractivity contribution is 7.93. The molecule has 1 aliphatic heterocycles. The summed E-state index contributed by atoms with van der Waals surface area (Å²) in [5.74, 6) is -1.77. The van der Waals surface area contributed by atoms with Gasteiger partial charge in [-0.05, 0) is 18.6 Å². The first kappa shape index (κ1) is 12.3. The maximum Gasteiger partial charge on any atom is 0.239 e. The zero-order valence-corrected chi connectivity index (χ0v) is 9.75. The summed E-state index contributed by atoms with van der Waals surface area (Å²) in [6, 6.07) is 3.25. The van der Waals surface area contributed by atoms with Crippen LogP contribution in [0, 0.1) is 11.6 Å². The lowest BCUT2D eigenvalue weighted by Gasteiger charge is -2.19. The number of benzene rings is 1. The van der Waals surface area contributed by atoms with E-state index in [9.17, 15) is 17.2 Å². The summed E-state index contributed by atoms with van der Waals surface area (Å²) in [4.78, 5) is 0. The number of sulfonamides is 1. The fourth-order valence-electron chi connectivity index (χ4n) is 1.92. The Bertz CT molecular complexity index is 513. The molecule has 1 aromatic rings. The molecule has 1 aromatic carbocycles. The molecule has 1 fully saturated rings. The number of rotatable bonds is 2. The van der Waals surface area contributed by atoms with E-state index in [1.807, 2.05) is 0 Å². The van der Waals surface area contributed by atoms with Crippen LogP contribution in [0.2, 0.25) is 0 Å². The zero-order valence-electron chi connectivity index (χ0n) is 8.94. The van der Waals surface area contributed by atoms with Gasteiger partial charge < -0.3 is 5.73 Å². The van der Waals surface area contributed by atoms with Gasteiger partial charge in [0.05, 0.1) is 5.25 Å². The molecular formula is C10H12F2N2O2S. The molecule has 94 valence electrons. The highest BCUT2D eigenvalue weighted by Gasteiger charge is 2.40. The van der Waals surface area contributed by atoms with E-state index in [-0.39, 0.29) is 19.5 Å². The third-order valence-corrected chi connectivity index (χ3v) is 5.08. The van der Waals surface area contributed by atoms with Gasteiger partial charge in [-0.3, -0.25) is 4.31 Å². The molecule has 0 aromatic heterocycles. The molecular weight excluding hydrogens is 250 g/mol. The Kier molecular flexibility index (Phi) is 3.05. The van der Waals surface area contributed by atoms with Crippen molar-refractivity contribution in [2.24, 2.45) is 5.73 Å². The van der Waals surface area contributed by atoms with Gasteiger partial charge in [-0.25, -0.2) is 17.2 Å². The van der Waals surface area contributed by atoms with Crippen molar-refractivity contribution in [2.75, 3.05) is 17.4 Å². The van der Waals surface area contributed by atoms with Crippen LogP contribution in [-0.4, -0.2) is 26.8 Å². The predicted molar refractivity (Wildman–Crippen MR) is 60.1 cm³/mol. The Morgan fingerprint density at radius 2 is 1.94 bits per heavy atom. The van der Waals surface area contributed by atoms with Gasteiger partial charge in [-0.15, -0.1) is 0 Å². The first-order valence-electron chi connectivity index (χ1n) is 5.14. The summed E-state index contributed by atoms with van der Waals surface area (Å²) in [5, 5.41) is -0.762. The van der Waals surface area contributed by atoms with E-state index in [1.54, 1.807) is 0 Å². The zero-order chi connectivity index (χ0) is 12.6. The van der Waals surface area contributed by atoms with Crippen molar-refractivity contribution in [3.05, 3.63) is 29.8 Å². The highest BCUT2D eigenvalue weighted by atomic mass is 32.2. The standard InChI is InChI=1S/C10H12F2N2O2S/c11-8-2-1-3-9(12)10(8)14-5-4-7(6-13)17(14,15)16/h1-3,7H,4-6,13H2/t7-/m0/s1. The molecule has 0 amide bonds. The number of nitrogens with zero attached hydrogens (tertiary/aromatic N) is 1. The summed E-state index contributed by atoms with van der Waals surface area (Å²) < 4.78 is 51.7. The van der Waals surface area contributed by atoms with Gasteiger partial charge in [-0.1, -0.05) is 6.07 Å². The van der Waals surface area contributed by atoms with Gasteiger partial charge in [0.15, 0.2) is 11.6 Å². The molecule has 0 unspecified atom stereocenters. The maximum atomic E-state index is 13.5. The van der Waals surface area contributed by atoms with E-state index in [2.05, 4.69) is 0 Å². The number of hydrogen-bond donors (Lipinski definition) is 1. The Hall–Kier alpha value is -1.21. The second kappa shape index (κ2) is 4.23. The van der Waals surface area contributed by atoms with Gasteiger partial charge in [0.1, 0.15) is 5.69 Å². The Morgan fingerprint density at radius 3 is 2.41 bits per heavy atom. The second-order valence-electron chi connectivity index (χ2n) is 3.83. The second-order valence-corrected chi connectivity index (χ2v) is 5.97. The number of hydrogen-bond acceptors (Lipinski definition) is 3. The Balaban J connectivity index is 2.50. The van der Waals surface area contributed by atoms with E-state index >= 15 is 0 Å². The molecule has 0 aliphatic carbocycles. The summed E-state index contributed by atoms with van der Waals surface area (Å²) in [5.41, 5.74) is 4.82. The first-order chi connectivity index (χ1) is 7.98. The average Bonchev–Trinajstić information content (AvgIpc) is 2.54. The fraction of sp³-hybridized carbons (Fsp3) is 0.400. The molecule has 17 heavy (non-hydrogen) atoms. The number of para-hydroxylation sites is 1. The fourth-order valence-corrected chi connectivity index (χ4v) is 3.72. The van der Waals surface area contributed by atoms with Gasteiger partial charge in [0.2, 0.25) is 10.0 Å². The molecule has 1 heterocycles. The van der Waals surface area contributed by atoms with E-state index in [4.69, 9.17) is 5.73 Å². The lowest BCUT2D eigenvalue weighted by molar-refractivity contribution is 0.571. The van der Waals surface area contributed by atoms with Crippen LogP contribution in [0.5, 0.6) is 0 Å². The van der Waals surface area contributed by atoms with Crippen LogP contribution in [0.4, 0.5) is 14.5 Å². The topological polar surface area (TPSA) is 63.4 Å². The number of nitrogens with two attached hydrogens (primary N) is 1. The van der Waals surface area contributed by atoms with Crippen LogP contribution in [0.3, 0.4) is 0 Å². The van der Waals surface area contributed by atoms with Gasteiger partial charge in [0, 0.05) is 13.1 Å². The minimum absolute atomic E-state index is 0.0467. The SMILES string of the molecule is NC[C@@H]1CCN(c2c(F)cccc2F)S1(=O)=O. The number of halogens is 2. The van der Waals surface area contributed by atoms with E-state index in [0.717, 1.165) is 16.4 Å². The van der Waals surface area contributed by atoms with Crippen molar-refractivity contribution in [3.63, 3.8) is 0 Å². The molecule has 0 saturated carbocycles. The Morgan fingerprint density at radius 1 is 1.35 bits per heavy atom. The summed E-state index contributed by atoms with van der Waals surface area (Å²) >= 11 is 0. The lowest BCUT2D eigenvalue weighted by atomic mass is 10.2. The monoisotopic (exact) mass is 262 g/mol. The van der Waals surface area contributed by atoms with Crippen LogP contribution in [0.25, 0.3) is 0 Å². The van der Waals surface area contributed by atoms with Crippen LogP contribution in [0.15, 0.2) is 18.2 Å². The molecule has 2 rings (SSSR count). The summed E-state index contributed by atoms with van der Waals surface area (Å²) in [7, 11) is -3.75. The Labute approximate surface area is 98.1 Å². The van der Waals surface area contributed by atoms with Crippen LogP contribution < -0.4 is 10.0 Å². The third-order valence-electron chi connectivity index (χ3n) is 2.83. The summed E-state index contributed by atoms with van der Waals surface area (Å²) in [6.45, 7) is 0.0109. The van der Waals surface area contributed by atoms with Gasteiger partial charge in [0.25, 0.3) is 0 Å². The molecule has 7 heteroatoms. The molecule has 2 N–H and O–H groups in total. The van der Waals surface area contributed by atoms with E-state index in [0.29, 0.717) is 0 Å². The molecule has 0 radical (unpaired) electrons. The van der Waals surface area contributed by atoms with Crippen molar-refractivity contribution in [3.8, 4) is 0 Å². The minimum atomic E-state index is -3.75. The normalized spacial score (nSPS) is 23.0. The summed E-state index contributed by atoms with van der Waals surface area (Å²) in [6.07, 6.45) is 0.284. The quantitative estimate of drug-likeness (QED) is 0.858. The van der Waals surface area contributed by atoms with Gasteiger partial charge >= 0.3 is 0 Å². The van der Waals surface area contributed by atoms with Crippen LogP contribution >= 0.6 is 0 Å². The van der Waals surface area contributed by atoms with Gasteiger partial charge in [-0.2, -0.15) is 0 Å². The largest absolute Gasteiger partial charge is 0.329 e. The van der Waals surface area contributed by atoms with Crippen molar-refractivity contribution in [1.29, 1.82) is 0 Å². The third kappa shape index (κ3) is 1.89. The number of anilines is 1. The van der Waals surface area contributed by atoms with E-state index in [1.165, 1.54) is 6.07 Å². The predicted octanol–water partition coefficient (Wildman–Crippen LogP) is 0.832. The maximum absolute atomic E-state index is 13.5. The molecule has 4 nitrogen and oxygen atoms in total. The molecule has 1 aliphatic rings. The van der Waals surface area contributed by atoms with E-state index < -0.39 is 32.6 Å². The van der Waals surface area contributed by atoms with Crippen molar-refractivity contribution in [1.82, 2.24) is 0 Å². The van der Waals surface area contributed by atoms with Crippen molar-refractivity contribution < 1.29 is 17.2 Å². The average molecular weight is 262 g/mol. The van der Waals surface area contributed by atoms with Crippen LogP contribution in [-0.2, 0) is 10.0 Å². The molecule has 1 saturated heterocycles.